The average Bonchev–Trinajstić information content (AvgIpc) is 3.14. The van der Waals surface area contributed by atoms with Crippen LogP contribution in [0, 0.1) is 0 Å². The van der Waals surface area contributed by atoms with E-state index in [0.717, 1.165) is 22.3 Å². The van der Waals surface area contributed by atoms with Gasteiger partial charge in [0, 0.05) is 20.1 Å². The summed E-state index contributed by atoms with van der Waals surface area (Å²) in [5.74, 6) is -2.01. The van der Waals surface area contributed by atoms with Gasteiger partial charge in [0.2, 0.25) is 0 Å². The maximum Gasteiger partial charge on any atom is 0.407 e. The van der Waals surface area contributed by atoms with Gasteiger partial charge in [0.05, 0.1) is 12.6 Å². The van der Waals surface area contributed by atoms with Crippen molar-refractivity contribution >= 4 is 18.0 Å². The monoisotopic (exact) mass is 456 g/mol. The van der Waals surface area contributed by atoms with Crippen LogP contribution in [0.1, 0.15) is 24.0 Å². The number of carboxylic acid groups (broad SMARTS) is 1. The van der Waals surface area contributed by atoms with Crippen molar-refractivity contribution < 1.29 is 33.7 Å². The Balaban J connectivity index is 1.56. The van der Waals surface area contributed by atoms with Gasteiger partial charge in [-0.15, -0.1) is 0 Å². The van der Waals surface area contributed by atoms with Crippen molar-refractivity contribution in [3.05, 3.63) is 59.7 Å². The van der Waals surface area contributed by atoms with E-state index in [1.165, 1.54) is 21.1 Å². The minimum absolute atomic E-state index is 0.0865. The van der Waals surface area contributed by atoms with Gasteiger partial charge in [-0.25, -0.2) is 9.59 Å². The van der Waals surface area contributed by atoms with Gasteiger partial charge in [-0.2, -0.15) is 0 Å². The second kappa shape index (κ2) is 10.9. The second-order valence-corrected chi connectivity index (χ2v) is 7.70. The predicted octanol–water partition coefficient (Wildman–Crippen LogP) is 2.14. The van der Waals surface area contributed by atoms with E-state index >= 15 is 0 Å². The highest BCUT2D eigenvalue weighted by atomic mass is 16.5. The Morgan fingerprint density at radius 1 is 0.970 bits per heavy atom. The van der Waals surface area contributed by atoms with Gasteiger partial charge in [-0.05, 0) is 29.2 Å². The first kappa shape index (κ1) is 24.2. The lowest BCUT2D eigenvalue weighted by molar-refractivity contribution is -0.147. The SMILES string of the molecule is COC(CNC(=O)OCC1c2ccccc2-c2ccccc21)C(=O)N[C@H](C(=O)O)[C@@H](C)OC. The summed E-state index contributed by atoms with van der Waals surface area (Å²) >= 11 is 0. The molecule has 2 aromatic carbocycles. The average molecular weight is 456 g/mol. The fraction of sp³-hybridized carbons (Fsp3) is 0.375. The fourth-order valence-corrected chi connectivity index (χ4v) is 3.87. The van der Waals surface area contributed by atoms with Gasteiger partial charge < -0.3 is 30.0 Å². The third-order valence-electron chi connectivity index (χ3n) is 5.76. The van der Waals surface area contributed by atoms with Crippen molar-refractivity contribution in [3.8, 4) is 11.1 Å². The van der Waals surface area contributed by atoms with E-state index in [1.807, 2.05) is 48.5 Å². The summed E-state index contributed by atoms with van der Waals surface area (Å²) in [5.41, 5.74) is 4.42. The van der Waals surface area contributed by atoms with Gasteiger partial charge in [0.15, 0.2) is 12.1 Å². The zero-order valence-corrected chi connectivity index (χ0v) is 18.7. The number of hydrogen-bond acceptors (Lipinski definition) is 6. The van der Waals surface area contributed by atoms with E-state index in [4.69, 9.17) is 14.2 Å². The molecule has 0 aliphatic heterocycles. The van der Waals surface area contributed by atoms with Crippen LogP contribution in [-0.4, -0.2) is 68.7 Å². The van der Waals surface area contributed by atoms with Crippen LogP contribution in [0.25, 0.3) is 11.1 Å². The minimum atomic E-state index is -1.25. The molecule has 0 radical (unpaired) electrons. The van der Waals surface area contributed by atoms with E-state index in [0.29, 0.717) is 0 Å². The number of carbonyl (C=O) groups excluding carboxylic acids is 2. The highest BCUT2D eigenvalue weighted by molar-refractivity contribution is 5.87. The van der Waals surface area contributed by atoms with E-state index < -0.39 is 36.2 Å². The van der Waals surface area contributed by atoms with Crippen molar-refractivity contribution in [2.75, 3.05) is 27.4 Å². The highest BCUT2D eigenvalue weighted by Crippen LogP contribution is 2.44. The summed E-state index contributed by atoms with van der Waals surface area (Å²) in [7, 11) is 2.64. The number of amides is 2. The number of benzene rings is 2. The van der Waals surface area contributed by atoms with Crippen LogP contribution >= 0.6 is 0 Å². The number of nitrogens with one attached hydrogen (secondary N) is 2. The Bertz CT molecular complexity index is 964. The van der Waals surface area contributed by atoms with Crippen molar-refractivity contribution in [3.63, 3.8) is 0 Å². The lowest BCUT2D eigenvalue weighted by Gasteiger charge is -2.23. The molecule has 0 bridgehead atoms. The highest BCUT2D eigenvalue weighted by Gasteiger charge is 2.31. The molecule has 0 spiro atoms. The van der Waals surface area contributed by atoms with Crippen molar-refractivity contribution in [1.29, 1.82) is 0 Å². The molecule has 1 unspecified atom stereocenters. The quantitative estimate of drug-likeness (QED) is 0.501. The van der Waals surface area contributed by atoms with Crippen molar-refractivity contribution in [1.82, 2.24) is 10.6 Å². The summed E-state index contributed by atoms with van der Waals surface area (Å²) in [6.45, 7) is 1.47. The topological polar surface area (TPSA) is 123 Å². The predicted molar refractivity (Wildman–Crippen MR) is 120 cm³/mol. The summed E-state index contributed by atoms with van der Waals surface area (Å²) in [4.78, 5) is 36.1. The number of aliphatic carboxylic acids is 1. The Kier molecular flexibility index (Phi) is 8.02. The van der Waals surface area contributed by atoms with Gasteiger partial charge in [0.25, 0.3) is 5.91 Å². The molecule has 0 fully saturated rings. The normalized spacial score (nSPS) is 15.0. The fourth-order valence-electron chi connectivity index (χ4n) is 3.87. The molecule has 0 heterocycles. The zero-order valence-electron chi connectivity index (χ0n) is 18.7. The van der Waals surface area contributed by atoms with Crippen LogP contribution in [-0.2, 0) is 23.8 Å². The number of rotatable bonds is 10. The first-order chi connectivity index (χ1) is 15.9. The molecular formula is C24H28N2O7. The smallest absolute Gasteiger partial charge is 0.407 e. The molecule has 176 valence electrons. The molecule has 1 aliphatic rings. The number of alkyl carbamates (subject to hydrolysis) is 1. The van der Waals surface area contributed by atoms with E-state index in [-0.39, 0.29) is 19.1 Å². The Morgan fingerprint density at radius 3 is 2.06 bits per heavy atom. The summed E-state index contributed by atoms with van der Waals surface area (Å²) in [6, 6.07) is 14.7. The number of carboxylic acids is 1. The van der Waals surface area contributed by atoms with Crippen LogP contribution in [0.2, 0.25) is 0 Å². The first-order valence-corrected chi connectivity index (χ1v) is 10.5. The largest absolute Gasteiger partial charge is 0.480 e. The van der Waals surface area contributed by atoms with Crippen LogP contribution < -0.4 is 10.6 Å². The van der Waals surface area contributed by atoms with E-state index in [2.05, 4.69) is 10.6 Å². The zero-order chi connectivity index (χ0) is 24.0. The molecule has 0 saturated heterocycles. The van der Waals surface area contributed by atoms with Crippen LogP contribution in [0.4, 0.5) is 4.79 Å². The number of ether oxygens (including phenoxy) is 3. The Hall–Kier alpha value is -3.43. The molecule has 2 amide bonds. The molecule has 3 N–H and O–H groups in total. The summed E-state index contributed by atoms with van der Waals surface area (Å²) in [6.07, 6.45) is -2.55. The standard InChI is InChI=1S/C24H28N2O7/c1-14(31-2)21(23(28)29)26-22(27)20(32-3)12-25-24(30)33-13-19-17-10-6-4-8-15(17)16-9-5-7-11-18(16)19/h4-11,14,19-21H,12-13H2,1-3H3,(H,25,30)(H,26,27)(H,28,29)/t14-,20?,21+/m1/s1. The number of hydrogen-bond donors (Lipinski definition) is 3. The molecule has 3 rings (SSSR count). The van der Waals surface area contributed by atoms with Gasteiger partial charge in [-0.1, -0.05) is 48.5 Å². The van der Waals surface area contributed by atoms with E-state index in [9.17, 15) is 19.5 Å². The molecule has 33 heavy (non-hydrogen) atoms. The van der Waals surface area contributed by atoms with Gasteiger partial charge in [0.1, 0.15) is 6.61 Å². The first-order valence-electron chi connectivity index (χ1n) is 10.5. The third-order valence-corrected chi connectivity index (χ3v) is 5.76. The molecule has 2 aromatic rings. The maximum atomic E-state index is 12.4. The lowest BCUT2D eigenvalue weighted by atomic mass is 9.98. The summed E-state index contributed by atoms with van der Waals surface area (Å²) in [5, 5.41) is 14.2. The van der Waals surface area contributed by atoms with Gasteiger partial charge >= 0.3 is 12.1 Å². The Morgan fingerprint density at radius 2 is 1.55 bits per heavy atom. The van der Waals surface area contributed by atoms with Crippen LogP contribution in [0.5, 0.6) is 0 Å². The lowest BCUT2D eigenvalue weighted by Crippen LogP contribution is -2.53. The minimum Gasteiger partial charge on any atom is -0.480 e. The molecular weight excluding hydrogens is 428 g/mol. The molecule has 9 nitrogen and oxygen atoms in total. The van der Waals surface area contributed by atoms with E-state index in [1.54, 1.807) is 0 Å². The van der Waals surface area contributed by atoms with Gasteiger partial charge in [-0.3, -0.25) is 4.79 Å². The number of methoxy groups -OCH3 is 2. The molecule has 3 atom stereocenters. The summed E-state index contributed by atoms with van der Waals surface area (Å²) < 4.78 is 15.5. The third kappa shape index (κ3) is 5.50. The second-order valence-electron chi connectivity index (χ2n) is 7.70. The van der Waals surface area contributed by atoms with Crippen LogP contribution in [0.15, 0.2) is 48.5 Å². The molecule has 9 heteroatoms. The van der Waals surface area contributed by atoms with Crippen molar-refractivity contribution in [2.24, 2.45) is 0 Å². The van der Waals surface area contributed by atoms with Crippen molar-refractivity contribution in [2.45, 2.75) is 31.1 Å². The maximum absolute atomic E-state index is 12.4. The number of fused-ring (bicyclic) bond motifs is 3. The molecule has 1 aliphatic carbocycles. The molecule has 0 aromatic heterocycles. The Labute approximate surface area is 192 Å². The molecule has 0 saturated carbocycles. The number of carbonyl (C=O) groups is 3. The van der Waals surface area contributed by atoms with Crippen LogP contribution in [0.3, 0.4) is 0 Å².